The number of ether oxygens (including phenoxy) is 1. The lowest BCUT2D eigenvalue weighted by Gasteiger charge is -2.35. The van der Waals surface area contributed by atoms with E-state index in [0.717, 1.165) is 30.3 Å². The molecular weight excluding hydrogens is 300 g/mol. The van der Waals surface area contributed by atoms with Gasteiger partial charge in [0.15, 0.2) is 0 Å². The Bertz CT molecular complexity index is 539. The van der Waals surface area contributed by atoms with E-state index < -0.39 is 0 Å². The molecule has 1 fully saturated rings. The number of likely N-dealkylation sites (tertiary alicyclic amines) is 1. The molecule has 1 saturated heterocycles. The summed E-state index contributed by atoms with van der Waals surface area (Å²) in [6.45, 7) is 10.1. The Morgan fingerprint density at radius 2 is 2.17 bits per heavy atom. The van der Waals surface area contributed by atoms with Gasteiger partial charge in [-0.3, -0.25) is 9.69 Å². The second-order valence-electron chi connectivity index (χ2n) is 6.67. The minimum atomic E-state index is -0.0409. The van der Waals surface area contributed by atoms with Crippen molar-refractivity contribution in [3.05, 3.63) is 35.9 Å². The smallest absolute Gasteiger partial charge is 0.244 e. The number of benzene rings is 1. The minimum Gasteiger partial charge on any atom is -0.494 e. The molecule has 0 aromatic heterocycles. The minimum absolute atomic E-state index is 0.0409. The van der Waals surface area contributed by atoms with Crippen molar-refractivity contribution in [1.29, 1.82) is 0 Å². The van der Waals surface area contributed by atoms with E-state index in [4.69, 9.17) is 4.74 Å². The number of hydrogen-bond donors (Lipinski definition) is 1. The Hall–Kier alpha value is -1.81. The Morgan fingerprint density at radius 1 is 1.42 bits per heavy atom. The molecular formula is C20H30N2O2. The highest BCUT2D eigenvalue weighted by molar-refractivity contribution is 5.91. The van der Waals surface area contributed by atoms with Crippen LogP contribution in [0.1, 0.15) is 39.2 Å². The van der Waals surface area contributed by atoms with Crippen LogP contribution in [0.25, 0.3) is 6.08 Å². The van der Waals surface area contributed by atoms with Crippen LogP contribution in [0.2, 0.25) is 0 Å². The summed E-state index contributed by atoms with van der Waals surface area (Å²) in [5.74, 6) is 1.57. The van der Waals surface area contributed by atoms with E-state index in [1.54, 1.807) is 6.08 Å². The Balaban J connectivity index is 1.75. The normalized spacial score (nSPS) is 20.0. The third kappa shape index (κ3) is 6.00. The standard InChI is InChI=1S/C20H30N2O2/c1-4-24-19-10-7-18(8-11-19)9-12-20(23)21-14-17(3)22-13-5-6-16(2)15-22/h7-12,16-17H,4-6,13-15H2,1-3H3,(H,21,23)/b12-9+/t16-,17+/m0/s1. The predicted octanol–water partition coefficient (Wildman–Crippen LogP) is 3.34. The summed E-state index contributed by atoms with van der Waals surface area (Å²) in [5.41, 5.74) is 0.992. The molecule has 1 aromatic carbocycles. The van der Waals surface area contributed by atoms with Crippen molar-refractivity contribution < 1.29 is 9.53 Å². The van der Waals surface area contributed by atoms with Gasteiger partial charge >= 0.3 is 0 Å². The second-order valence-corrected chi connectivity index (χ2v) is 6.67. The summed E-state index contributed by atoms with van der Waals surface area (Å²) in [7, 11) is 0. The Labute approximate surface area is 145 Å². The SMILES string of the molecule is CCOc1ccc(/C=C/C(=O)NC[C@@H](C)N2CCC[C@H](C)C2)cc1. The van der Waals surface area contributed by atoms with Gasteiger partial charge in [-0.25, -0.2) is 0 Å². The van der Waals surface area contributed by atoms with Crippen LogP contribution in [0.3, 0.4) is 0 Å². The largest absolute Gasteiger partial charge is 0.494 e. The summed E-state index contributed by atoms with van der Waals surface area (Å²) in [5, 5.41) is 3.00. The fourth-order valence-electron chi connectivity index (χ4n) is 3.08. The summed E-state index contributed by atoms with van der Waals surface area (Å²) in [4.78, 5) is 14.5. The number of carbonyl (C=O) groups is 1. The molecule has 2 rings (SSSR count). The number of amides is 1. The number of carbonyl (C=O) groups excluding carboxylic acids is 1. The van der Waals surface area contributed by atoms with Gasteiger partial charge in [0.25, 0.3) is 0 Å². The molecule has 132 valence electrons. The molecule has 1 aliphatic heterocycles. The van der Waals surface area contributed by atoms with E-state index in [1.165, 1.54) is 12.8 Å². The predicted molar refractivity (Wildman–Crippen MR) is 99.1 cm³/mol. The van der Waals surface area contributed by atoms with E-state index in [-0.39, 0.29) is 5.91 Å². The number of nitrogens with one attached hydrogen (secondary N) is 1. The molecule has 1 heterocycles. The number of nitrogens with zero attached hydrogens (tertiary/aromatic N) is 1. The Kier molecular flexibility index (Phi) is 7.32. The van der Waals surface area contributed by atoms with Crippen LogP contribution in [0.5, 0.6) is 5.75 Å². The fourth-order valence-corrected chi connectivity index (χ4v) is 3.08. The Morgan fingerprint density at radius 3 is 2.83 bits per heavy atom. The van der Waals surface area contributed by atoms with E-state index >= 15 is 0 Å². The van der Waals surface area contributed by atoms with Gasteiger partial charge in [-0.15, -0.1) is 0 Å². The van der Waals surface area contributed by atoms with Crippen molar-refractivity contribution in [2.24, 2.45) is 5.92 Å². The molecule has 0 bridgehead atoms. The quantitative estimate of drug-likeness (QED) is 0.780. The molecule has 0 radical (unpaired) electrons. The molecule has 4 nitrogen and oxygen atoms in total. The van der Waals surface area contributed by atoms with Crippen LogP contribution >= 0.6 is 0 Å². The van der Waals surface area contributed by atoms with Crippen molar-refractivity contribution >= 4 is 12.0 Å². The van der Waals surface area contributed by atoms with Crippen LogP contribution in [0.15, 0.2) is 30.3 Å². The zero-order valence-electron chi connectivity index (χ0n) is 15.1. The first-order valence-corrected chi connectivity index (χ1v) is 9.01. The van der Waals surface area contributed by atoms with E-state index in [0.29, 0.717) is 19.2 Å². The highest BCUT2D eigenvalue weighted by Gasteiger charge is 2.20. The summed E-state index contributed by atoms with van der Waals surface area (Å²) < 4.78 is 5.41. The lowest BCUT2D eigenvalue weighted by molar-refractivity contribution is -0.116. The average Bonchev–Trinajstić information content (AvgIpc) is 2.59. The molecule has 2 atom stereocenters. The van der Waals surface area contributed by atoms with Crippen LogP contribution < -0.4 is 10.1 Å². The first-order valence-electron chi connectivity index (χ1n) is 9.01. The molecule has 0 spiro atoms. The monoisotopic (exact) mass is 330 g/mol. The topological polar surface area (TPSA) is 41.6 Å². The van der Waals surface area contributed by atoms with Crippen LogP contribution in [0.4, 0.5) is 0 Å². The van der Waals surface area contributed by atoms with Crippen molar-refractivity contribution in [3.8, 4) is 5.75 Å². The summed E-state index contributed by atoms with van der Waals surface area (Å²) in [6, 6.07) is 8.12. The van der Waals surface area contributed by atoms with Crippen LogP contribution in [-0.2, 0) is 4.79 Å². The van der Waals surface area contributed by atoms with Gasteiger partial charge in [0.1, 0.15) is 5.75 Å². The average molecular weight is 330 g/mol. The highest BCUT2D eigenvalue weighted by atomic mass is 16.5. The maximum absolute atomic E-state index is 12.0. The lowest BCUT2D eigenvalue weighted by atomic mass is 9.99. The number of piperidine rings is 1. The third-order valence-electron chi connectivity index (χ3n) is 4.50. The van der Waals surface area contributed by atoms with E-state index in [1.807, 2.05) is 37.3 Å². The molecule has 0 unspecified atom stereocenters. The summed E-state index contributed by atoms with van der Waals surface area (Å²) in [6.07, 6.45) is 6.01. The first-order chi connectivity index (χ1) is 11.6. The maximum atomic E-state index is 12.0. The molecule has 0 saturated carbocycles. The van der Waals surface area contributed by atoms with Crippen molar-refractivity contribution in [2.75, 3.05) is 26.2 Å². The zero-order valence-corrected chi connectivity index (χ0v) is 15.1. The zero-order chi connectivity index (χ0) is 17.4. The second kappa shape index (κ2) is 9.48. The van der Waals surface area contributed by atoms with Gasteiger partial charge in [0.2, 0.25) is 5.91 Å². The van der Waals surface area contributed by atoms with E-state index in [9.17, 15) is 4.79 Å². The number of rotatable bonds is 7. The molecule has 1 amide bonds. The van der Waals surface area contributed by atoms with Crippen molar-refractivity contribution in [2.45, 2.75) is 39.7 Å². The maximum Gasteiger partial charge on any atom is 0.244 e. The lowest BCUT2D eigenvalue weighted by Crippen LogP contribution is -2.46. The van der Waals surface area contributed by atoms with Gasteiger partial charge in [-0.05, 0) is 62.9 Å². The molecule has 0 aliphatic carbocycles. The molecule has 4 heteroatoms. The molecule has 1 N–H and O–H groups in total. The molecule has 1 aliphatic rings. The van der Waals surface area contributed by atoms with Gasteiger partial charge in [0, 0.05) is 25.2 Å². The first kappa shape index (κ1) is 18.5. The summed E-state index contributed by atoms with van der Waals surface area (Å²) >= 11 is 0. The molecule has 1 aromatic rings. The fraction of sp³-hybridized carbons (Fsp3) is 0.550. The van der Waals surface area contributed by atoms with Gasteiger partial charge in [-0.1, -0.05) is 19.1 Å². The van der Waals surface area contributed by atoms with Crippen LogP contribution in [-0.4, -0.2) is 43.1 Å². The van der Waals surface area contributed by atoms with Gasteiger partial charge in [0.05, 0.1) is 6.61 Å². The highest BCUT2D eigenvalue weighted by Crippen LogP contribution is 2.17. The van der Waals surface area contributed by atoms with Gasteiger partial charge < -0.3 is 10.1 Å². The van der Waals surface area contributed by atoms with E-state index in [2.05, 4.69) is 24.1 Å². The van der Waals surface area contributed by atoms with Gasteiger partial charge in [-0.2, -0.15) is 0 Å². The number of hydrogen-bond acceptors (Lipinski definition) is 3. The van der Waals surface area contributed by atoms with Crippen molar-refractivity contribution in [3.63, 3.8) is 0 Å². The molecule has 24 heavy (non-hydrogen) atoms. The van der Waals surface area contributed by atoms with Crippen LogP contribution in [0, 0.1) is 5.92 Å². The third-order valence-corrected chi connectivity index (χ3v) is 4.50. The van der Waals surface area contributed by atoms with Crippen molar-refractivity contribution in [1.82, 2.24) is 10.2 Å².